The monoisotopic (exact) mass is 195 g/mol. The van der Waals surface area contributed by atoms with Crippen LogP contribution in [0.1, 0.15) is 23.2 Å². The third-order valence-corrected chi connectivity index (χ3v) is 1.91. The number of ketones is 1. The topological polar surface area (TPSA) is 83.6 Å². The second-order valence-electron chi connectivity index (χ2n) is 3.02. The minimum absolute atomic E-state index is 0.00725. The molecule has 1 rings (SSSR count). The van der Waals surface area contributed by atoms with E-state index in [0.29, 0.717) is 12.0 Å². The number of nitrogen functional groups attached to an aromatic ring is 1. The number of Topliss-reactive ketones (excluding diaryl/α,β-unsaturated/α-hetero) is 1. The van der Waals surface area contributed by atoms with Gasteiger partial charge in [-0.05, 0) is 24.6 Å². The van der Waals surface area contributed by atoms with Gasteiger partial charge in [-0.1, -0.05) is 0 Å². The lowest BCUT2D eigenvalue weighted by Crippen LogP contribution is -2.00. The number of hydrogen-bond acceptors (Lipinski definition) is 4. The molecule has 4 nitrogen and oxygen atoms in total. The molecule has 4 N–H and O–H groups in total. The van der Waals surface area contributed by atoms with Crippen LogP contribution in [0.15, 0.2) is 18.2 Å². The standard InChI is InChI=1S/C10H13NO3/c11-8-4-3-7(6-10(8)14)9(13)2-1-5-12/h3-4,6,12,14H,1-2,5,11H2. The van der Waals surface area contributed by atoms with Crippen LogP contribution in [-0.2, 0) is 0 Å². The van der Waals surface area contributed by atoms with Gasteiger partial charge in [0.25, 0.3) is 0 Å². The van der Waals surface area contributed by atoms with E-state index >= 15 is 0 Å². The Labute approximate surface area is 82.0 Å². The number of aliphatic hydroxyl groups excluding tert-OH is 1. The molecule has 1 aromatic carbocycles. The number of phenolic OH excluding ortho intramolecular Hbond substituents is 1. The first-order valence-electron chi connectivity index (χ1n) is 4.37. The highest BCUT2D eigenvalue weighted by molar-refractivity contribution is 5.96. The van der Waals surface area contributed by atoms with Crippen LogP contribution in [0.3, 0.4) is 0 Å². The fourth-order valence-electron chi connectivity index (χ4n) is 1.10. The van der Waals surface area contributed by atoms with Crippen LogP contribution in [0.25, 0.3) is 0 Å². The van der Waals surface area contributed by atoms with Crippen LogP contribution in [0.2, 0.25) is 0 Å². The summed E-state index contributed by atoms with van der Waals surface area (Å²) in [4.78, 5) is 11.4. The lowest BCUT2D eigenvalue weighted by atomic mass is 10.1. The number of nitrogens with two attached hydrogens (primary N) is 1. The average molecular weight is 195 g/mol. The number of aliphatic hydroxyl groups is 1. The zero-order chi connectivity index (χ0) is 10.6. The molecule has 14 heavy (non-hydrogen) atoms. The minimum atomic E-state index is -0.102. The molecule has 0 fully saturated rings. The van der Waals surface area contributed by atoms with Crippen molar-refractivity contribution in [2.24, 2.45) is 0 Å². The fraction of sp³-hybridized carbons (Fsp3) is 0.300. The third-order valence-electron chi connectivity index (χ3n) is 1.91. The summed E-state index contributed by atoms with van der Waals surface area (Å²) in [5.74, 6) is -0.186. The molecule has 0 aromatic heterocycles. The first-order valence-corrected chi connectivity index (χ1v) is 4.37. The average Bonchev–Trinajstić information content (AvgIpc) is 2.18. The molecular formula is C10H13NO3. The van der Waals surface area contributed by atoms with E-state index in [-0.39, 0.29) is 30.2 Å². The first kappa shape index (κ1) is 10.5. The first-order chi connectivity index (χ1) is 6.65. The summed E-state index contributed by atoms with van der Waals surface area (Å²) in [6, 6.07) is 4.39. The number of benzene rings is 1. The Hall–Kier alpha value is -1.55. The molecular weight excluding hydrogens is 182 g/mol. The van der Waals surface area contributed by atoms with Crippen molar-refractivity contribution in [1.82, 2.24) is 0 Å². The molecule has 0 atom stereocenters. The summed E-state index contributed by atoms with van der Waals surface area (Å²) >= 11 is 0. The molecule has 0 amide bonds. The van der Waals surface area contributed by atoms with Crippen LogP contribution in [0.5, 0.6) is 5.75 Å². The second-order valence-corrected chi connectivity index (χ2v) is 3.02. The van der Waals surface area contributed by atoms with Crippen molar-refractivity contribution in [3.8, 4) is 5.75 Å². The van der Waals surface area contributed by atoms with Crippen LogP contribution in [0.4, 0.5) is 5.69 Å². The summed E-state index contributed by atoms with van der Waals surface area (Å²) in [5.41, 5.74) is 6.06. The van der Waals surface area contributed by atoms with Gasteiger partial charge in [-0.2, -0.15) is 0 Å². The zero-order valence-corrected chi connectivity index (χ0v) is 7.73. The molecule has 0 aliphatic carbocycles. The number of phenols is 1. The van der Waals surface area contributed by atoms with E-state index in [0.717, 1.165) is 0 Å². The number of aromatic hydroxyl groups is 1. The van der Waals surface area contributed by atoms with Gasteiger partial charge in [0.05, 0.1) is 5.69 Å². The highest BCUT2D eigenvalue weighted by Crippen LogP contribution is 2.21. The van der Waals surface area contributed by atoms with Crippen LogP contribution in [0, 0.1) is 0 Å². The maximum absolute atomic E-state index is 11.4. The van der Waals surface area contributed by atoms with E-state index in [1.54, 1.807) is 6.07 Å². The van der Waals surface area contributed by atoms with Crippen LogP contribution < -0.4 is 5.73 Å². The van der Waals surface area contributed by atoms with E-state index in [2.05, 4.69) is 0 Å². The van der Waals surface area contributed by atoms with Gasteiger partial charge in [0.1, 0.15) is 5.75 Å². The lowest BCUT2D eigenvalue weighted by molar-refractivity contribution is 0.0971. The minimum Gasteiger partial charge on any atom is -0.506 e. The second kappa shape index (κ2) is 4.62. The highest BCUT2D eigenvalue weighted by Gasteiger charge is 2.07. The van der Waals surface area contributed by atoms with Crippen molar-refractivity contribution < 1.29 is 15.0 Å². The largest absolute Gasteiger partial charge is 0.506 e. The molecule has 0 heterocycles. The van der Waals surface area contributed by atoms with E-state index in [1.807, 2.05) is 0 Å². The number of rotatable bonds is 4. The number of anilines is 1. The Morgan fingerprint density at radius 3 is 2.71 bits per heavy atom. The molecule has 0 radical (unpaired) electrons. The van der Waals surface area contributed by atoms with Gasteiger partial charge < -0.3 is 15.9 Å². The van der Waals surface area contributed by atoms with Gasteiger partial charge in [-0.3, -0.25) is 4.79 Å². The molecule has 0 unspecified atom stereocenters. The van der Waals surface area contributed by atoms with Gasteiger partial charge in [-0.25, -0.2) is 0 Å². The quantitative estimate of drug-likeness (QED) is 0.379. The van der Waals surface area contributed by atoms with E-state index in [4.69, 9.17) is 10.8 Å². The Bertz CT molecular complexity index is 336. The van der Waals surface area contributed by atoms with Crippen molar-refractivity contribution in [2.75, 3.05) is 12.3 Å². The van der Waals surface area contributed by atoms with Crippen molar-refractivity contribution >= 4 is 11.5 Å². The maximum atomic E-state index is 11.4. The zero-order valence-electron chi connectivity index (χ0n) is 7.73. The van der Waals surface area contributed by atoms with Crippen LogP contribution in [-0.4, -0.2) is 22.6 Å². The molecule has 4 heteroatoms. The van der Waals surface area contributed by atoms with Gasteiger partial charge in [0, 0.05) is 18.6 Å². The van der Waals surface area contributed by atoms with Gasteiger partial charge in [-0.15, -0.1) is 0 Å². The molecule has 0 spiro atoms. The van der Waals surface area contributed by atoms with Gasteiger partial charge in [0.2, 0.25) is 0 Å². The summed E-state index contributed by atoms with van der Waals surface area (Å²) < 4.78 is 0. The predicted octanol–water partition coefficient (Wildman–Crippen LogP) is 0.930. The van der Waals surface area contributed by atoms with E-state index < -0.39 is 0 Å². The van der Waals surface area contributed by atoms with E-state index in [9.17, 15) is 9.90 Å². The van der Waals surface area contributed by atoms with Crippen molar-refractivity contribution in [3.05, 3.63) is 23.8 Å². The summed E-state index contributed by atoms with van der Waals surface area (Å²) in [6.45, 7) is -0.00725. The predicted molar refractivity (Wildman–Crippen MR) is 53.2 cm³/mol. The molecule has 1 aromatic rings. The Balaban J connectivity index is 2.76. The van der Waals surface area contributed by atoms with E-state index in [1.165, 1.54) is 12.1 Å². The molecule has 76 valence electrons. The smallest absolute Gasteiger partial charge is 0.163 e. The van der Waals surface area contributed by atoms with Gasteiger partial charge >= 0.3 is 0 Å². The Kier molecular flexibility index (Phi) is 3.48. The van der Waals surface area contributed by atoms with Gasteiger partial charge in [0.15, 0.2) is 5.78 Å². The van der Waals surface area contributed by atoms with Crippen molar-refractivity contribution in [2.45, 2.75) is 12.8 Å². The normalized spacial score (nSPS) is 10.1. The highest BCUT2D eigenvalue weighted by atomic mass is 16.3. The third kappa shape index (κ3) is 2.47. The van der Waals surface area contributed by atoms with Crippen molar-refractivity contribution in [1.29, 1.82) is 0 Å². The Morgan fingerprint density at radius 2 is 2.14 bits per heavy atom. The molecule has 0 saturated heterocycles. The summed E-state index contributed by atoms with van der Waals surface area (Å²) in [7, 11) is 0. The SMILES string of the molecule is Nc1ccc(C(=O)CCCO)cc1O. The molecule has 0 saturated carbocycles. The summed E-state index contributed by atoms with van der Waals surface area (Å²) in [5, 5.41) is 17.8. The number of hydrogen-bond donors (Lipinski definition) is 3. The fourth-order valence-corrected chi connectivity index (χ4v) is 1.10. The van der Waals surface area contributed by atoms with Crippen molar-refractivity contribution in [3.63, 3.8) is 0 Å². The Morgan fingerprint density at radius 1 is 1.43 bits per heavy atom. The summed E-state index contributed by atoms with van der Waals surface area (Å²) in [6.07, 6.45) is 0.712. The number of carbonyl (C=O) groups excluding carboxylic acids is 1. The molecule has 0 aliphatic heterocycles. The lowest BCUT2D eigenvalue weighted by Gasteiger charge is -2.02. The maximum Gasteiger partial charge on any atom is 0.163 e. The number of carbonyl (C=O) groups is 1. The molecule has 0 aliphatic rings. The molecule has 0 bridgehead atoms. The van der Waals surface area contributed by atoms with Crippen LogP contribution >= 0.6 is 0 Å².